The van der Waals surface area contributed by atoms with Gasteiger partial charge in [0, 0.05) is 19.5 Å². The zero-order chi connectivity index (χ0) is 15.9. The molecule has 1 amide bonds. The Morgan fingerprint density at radius 1 is 1.32 bits per heavy atom. The van der Waals surface area contributed by atoms with Crippen molar-refractivity contribution < 1.29 is 9.53 Å². The number of fused-ring (bicyclic) bond motifs is 1. The highest BCUT2D eigenvalue weighted by Crippen LogP contribution is 2.26. The number of ether oxygens (including phenoxy) is 1. The molecule has 0 aromatic heterocycles. The van der Waals surface area contributed by atoms with Crippen molar-refractivity contribution in [3.05, 3.63) is 29.3 Å². The number of rotatable bonds is 7. The lowest BCUT2D eigenvalue weighted by molar-refractivity contribution is -0.133. The summed E-state index contributed by atoms with van der Waals surface area (Å²) in [6, 6.07) is 8.31. The lowest BCUT2D eigenvalue weighted by Crippen LogP contribution is -2.36. The molecule has 0 fully saturated rings. The molecule has 22 heavy (non-hydrogen) atoms. The Hall–Kier alpha value is -2.02. The van der Waals surface area contributed by atoms with Gasteiger partial charge in [-0.15, -0.1) is 0 Å². The number of hydrogen-bond donors (Lipinski definition) is 0. The number of carbonyl (C=O) groups is 1. The second-order valence-corrected chi connectivity index (χ2v) is 5.61. The van der Waals surface area contributed by atoms with Crippen LogP contribution in [0.15, 0.2) is 18.2 Å². The summed E-state index contributed by atoms with van der Waals surface area (Å²) in [5.41, 5.74) is 2.78. The molecule has 0 saturated heterocycles. The lowest BCUT2D eigenvalue weighted by atomic mass is 10.1. The molecule has 1 atom stereocenters. The Kier molecular flexibility index (Phi) is 5.83. The number of hydrogen-bond acceptors (Lipinski definition) is 3. The zero-order valence-corrected chi connectivity index (χ0v) is 13.5. The highest BCUT2D eigenvalue weighted by molar-refractivity contribution is 5.81. The van der Waals surface area contributed by atoms with Crippen LogP contribution in [0, 0.1) is 17.2 Å². The van der Waals surface area contributed by atoms with E-state index in [9.17, 15) is 10.1 Å². The van der Waals surface area contributed by atoms with Crippen molar-refractivity contribution in [2.24, 2.45) is 5.92 Å². The Morgan fingerprint density at radius 3 is 2.73 bits per heavy atom. The maximum absolute atomic E-state index is 12.2. The molecule has 2 rings (SSSR count). The van der Waals surface area contributed by atoms with Gasteiger partial charge in [0.05, 0.1) is 12.7 Å². The first kappa shape index (κ1) is 16.4. The van der Waals surface area contributed by atoms with Crippen molar-refractivity contribution in [3.8, 4) is 11.8 Å². The summed E-state index contributed by atoms with van der Waals surface area (Å²) in [6.07, 6.45) is 3.93. The van der Waals surface area contributed by atoms with Crippen LogP contribution in [0.1, 0.15) is 37.8 Å². The van der Waals surface area contributed by atoms with Crippen LogP contribution in [-0.4, -0.2) is 30.5 Å². The van der Waals surface area contributed by atoms with Crippen molar-refractivity contribution in [2.45, 2.75) is 39.5 Å². The number of carbonyl (C=O) groups excluding carboxylic acids is 1. The molecule has 0 bridgehead atoms. The van der Waals surface area contributed by atoms with Crippen LogP contribution < -0.4 is 4.74 Å². The molecule has 0 aliphatic heterocycles. The maximum Gasteiger partial charge on any atom is 0.240 e. The van der Waals surface area contributed by atoms with Gasteiger partial charge in [0.1, 0.15) is 11.7 Å². The minimum absolute atomic E-state index is 0.0925. The lowest BCUT2D eigenvalue weighted by Gasteiger charge is -2.21. The molecule has 0 spiro atoms. The van der Waals surface area contributed by atoms with Crippen molar-refractivity contribution in [1.82, 2.24) is 4.90 Å². The maximum atomic E-state index is 12.2. The van der Waals surface area contributed by atoms with Gasteiger partial charge in [0.15, 0.2) is 0 Å². The van der Waals surface area contributed by atoms with Gasteiger partial charge in [-0.1, -0.05) is 6.07 Å². The van der Waals surface area contributed by atoms with Crippen LogP contribution in [0.2, 0.25) is 0 Å². The van der Waals surface area contributed by atoms with Gasteiger partial charge >= 0.3 is 0 Å². The SMILES string of the molecule is CCN(CC)C(=O)C(C#N)CCOc1ccc2c(c1)CCC2. The van der Waals surface area contributed by atoms with Gasteiger partial charge in [0.2, 0.25) is 5.91 Å². The van der Waals surface area contributed by atoms with E-state index in [0.717, 1.165) is 18.6 Å². The van der Waals surface area contributed by atoms with E-state index in [0.29, 0.717) is 26.1 Å². The molecule has 1 unspecified atom stereocenters. The van der Waals surface area contributed by atoms with E-state index in [1.165, 1.54) is 17.5 Å². The van der Waals surface area contributed by atoms with E-state index in [4.69, 9.17) is 4.74 Å². The van der Waals surface area contributed by atoms with Crippen LogP contribution in [0.25, 0.3) is 0 Å². The van der Waals surface area contributed by atoms with Gasteiger partial charge in [-0.3, -0.25) is 4.79 Å². The fourth-order valence-corrected chi connectivity index (χ4v) is 2.93. The van der Waals surface area contributed by atoms with Gasteiger partial charge in [0.25, 0.3) is 0 Å². The van der Waals surface area contributed by atoms with Gasteiger partial charge in [-0.25, -0.2) is 0 Å². The summed E-state index contributed by atoms with van der Waals surface area (Å²) in [6.45, 7) is 5.52. The van der Waals surface area contributed by atoms with Crippen molar-refractivity contribution in [3.63, 3.8) is 0 Å². The first-order valence-corrected chi connectivity index (χ1v) is 8.12. The Labute approximate surface area is 132 Å². The first-order valence-electron chi connectivity index (χ1n) is 8.12. The van der Waals surface area contributed by atoms with Gasteiger partial charge in [-0.2, -0.15) is 5.26 Å². The monoisotopic (exact) mass is 300 g/mol. The standard InChI is InChI=1S/C18H24N2O2/c1-3-20(4-2)18(21)16(13-19)10-11-22-17-9-8-14-6-5-7-15(14)12-17/h8-9,12,16H,3-7,10-11H2,1-2H3. The smallest absolute Gasteiger partial charge is 0.240 e. The molecule has 0 N–H and O–H groups in total. The minimum Gasteiger partial charge on any atom is -0.494 e. The van der Waals surface area contributed by atoms with Crippen LogP contribution in [0.3, 0.4) is 0 Å². The number of nitriles is 1. The number of nitrogens with zero attached hydrogens (tertiary/aromatic N) is 2. The predicted molar refractivity (Wildman–Crippen MR) is 85.6 cm³/mol. The van der Waals surface area contributed by atoms with E-state index in [2.05, 4.69) is 18.2 Å². The molecule has 1 aliphatic carbocycles. The molecule has 118 valence electrons. The average Bonchev–Trinajstić information content (AvgIpc) is 3.00. The van der Waals surface area contributed by atoms with Gasteiger partial charge < -0.3 is 9.64 Å². The summed E-state index contributed by atoms with van der Waals surface area (Å²) in [4.78, 5) is 13.9. The topological polar surface area (TPSA) is 53.3 Å². The molecule has 4 heteroatoms. The minimum atomic E-state index is -0.616. The summed E-state index contributed by atoms with van der Waals surface area (Å²) in [5.74, 6) is 0.131. The van der Waals surface area contributed by atoms with Crippen molar-refractivity contribution in [1.29, 1.82) is 5.26 Å². The molecule has 0 heterocycles. The highest BCUT2D eigenvalue weighted by Gasteiger charge is 2.22. The van der Waals surface area contributed by atoms with Crippen molar-refractivity contribution in [2.75, 3.05) is 19.7 Å². The normalized spacial score (nSPS) is 14.0. The number of benzene rings is 1. The van der Waals surface area contributed by atoms with Crippen LogP contribution in [-0.2, 0) is 17.6 Å². The predicted octanol–water partition coefficient (Wildman–Crippen LogP) is 2.95. The molecule has 1 aliphatic rings. The number of amides is 1. The third kappa shape index (κ3) is 3.79. The van der Waals surface area contributed by atoms with Crippen LogP contribution in [0.4, 0.5) is 0 Å². The second kappa shape index (κ2) is 7.84. The third-order valence-electron chi connectivity index (χ3n) is 4.27. The van der Waals surface area contributed by atoms with Gasteiger partial charge in [-0.05, 0) is 56.4 Å². The van der Waals surface area contributed by atoms with Crippen LogP contribution in [0.5, 0.6) is 5.75 Å². The van der Waals surface area contributed by atoms with E-state index in [1.807, 2.05) is 19.9 Å². The molecular formula is C18H24N2O2. The summed E-state index contributed by atoms with van der Waals surface area (Å²) in [5, 5.41) is 9.21. The molecule has 4 nitrogen and oxygen atoms in total. The average molecular weight is 300 g/mol. The molecular weight excluding hydrogens is 276 g/mol. The van der Waals surface area contributed by atoms with E-state index in [-0.39, 0.29) is 5.91 Å². The fraction of sp³-hybridized carbons (Fsp3) is 0.556. The zero-order valence-electron chi connectivity index (χ0n) is 13.5. The summed E-state index contributed by atoms with van der Waals surface area (Å²) >= 11 is 0. The van der Waals surface area contributed by atoms with E-state index < -0.39 is 5.92 Å². The van der Waals surface area contributed by atoms with E-state index >= 15 is 0 Å². The Bertz CT molecular complexity index is 559. The second-order valence-electron chi connectivity index (χ2n) is 5.61. The Balaban J connectivity index is 1.86. The fourth-order valence-electron chi connectivity index (χ4n) is 2.93. The quantitative estimate of drug-likeness (QED) is 0.778. The van der Waals surface area contributed by atoms with Crippen LogP contribution >= 0.6 is 0 Å². The van der Waals surface area contributed by atoms with Crippen molar-refractivity contribution >= 4 is 5.91 Å². The number of aryl methyl sites for hydroxylation is 2. The molecule has 0 radical (unpaired) electrons. The molecule has 0 saturated carbocycles. The van der Waals surface area contributed by atoms with E-state index in [1.54, 1.807) is 4.90 Å². The molecule has 1 aromatic rings. The summed E-state index contributed by atoms with van der Waals surface area (Å²) < 4.78 is 5.74. The third-order valence-corrected chi connectivity index (χ3v) is 4.27. The first-order chi connectivity index (χ1) is 10.7. The largest absolute Gasteiger partial charge is 0.494 e. The highest BCUT2D eigenvalue weighted by atomic mass is 16.5. The molecule has 1 aromatic carbocycles. The Morgan fingerprint density at radius 2 is 2.05 bits per heavy atom. The summed E-state index contributed by atoms with van der Waals surface area (Å²) in [7, 11) is 0.